The third kappa shape index (κ3) is 4.19. The molecule has 1 amide bonds. The van der Waals surface area contributed by atoms with Gasteiger partial charge in [0.2, 0.25) is 0 Å². The predicted molar refractivity (Wildman–Crippen MR) is 95.0 cm³/mol. The molecule has 3 nitrogen and oxygen atoms in total. The lowest BCUT2D eigenvalue weighted by molar-refractivity contribution is -0.00944. The van der Waals surface area contributed by atoms with Gasteiger partial charge in [-0.2, -0.15) is 0 Å². The molecule has 1 aliphatic carbocycles. The quantitative estimate of drug-likeness (QED) is 0.839. The van der Waals surface area contributed by atoms with Crippen LogP contribution in [0.4, 0.5) is 14.5 Å². The molecule has 0 atom stereocenters. The van der Waals surface area contributed by atoms with Crippen molar-refractivity contribution in [3.63, 3.8) is 0 Å². The average molecular weight is 363 g/mol. The fourth-order valence-corrected chi connectivity index (χ4v) is 4.52. The zero-order chi connectivity index (χ0) is 18.2. The van der Waals surface area contributed by atoms with Crippen molar-refractivity contribution in [2.75, 3.05) is 5.32 Å². The van der Waals surface area contributed by atoms with Gasteiger partial charge in [0.1, 0.15) is 0 Å². The van der Waals surface area contributed by atoms with Gasteiger partial charge in [0.05, 0.1) is 5.60 Å². The molecule has 0 saturated heterocycles. The van der Waals surface area contributed by atoms with E-state index in [9.17, 15) is 18.7 Å². The summed E-state index contributed by atoms with van der Waals surface area (Å²) in [5, 5.41) is 12.7. The lowest BCUT2D eigenvalue weighted by atomic mass is 9.82. The second kappa shape index (κ2) is 6.77. The van der Waals surface area contributed by atoms with Crippen LogP contribution in [0.3, 0.4) is 0 Å². The van der Waals surface area contributed by atoms with E-state index in [2.05, 4.69) is 5.32 Å². The number of amides is 1. The molecule has 6 heteroatoms. The van der Waals surface area contributed by atoms with Crippen molar-refractivity contribution in [1.29, 1.82) is 0 Å². The van der Waals surface area contributed by atoms with Crippen LogP contribution < -0.4 is 5.32 Å². The van der Waals surface area contributed by atoms with Crippen molar-refractivity contribution >= 4 is 23.4 Å². The minimum atomic E-state index is -1.00. The van der Waals surface area contributed by atoms with Crippen LogP contribution in [0.15, 0.2) is 41.3 Å². The van der Waals surface area contributed by atoms with Crippen molar-refractivity contribution in [3.8, 4) is 0 Å². The molecule has 0 spiro atoms. The number of hydrogen-bond acceptors (Lipinski definition) is 3. The van der Waals surface area contributed by atoms with E-state index >= 15 is 0 Å². The molecule has 1 aliphatic rings. The van der Waals surface area contributed by atoms with Crippen LogP contribution in [0.1, 0.15) is 35.7 Å². The Bertz CT molecular complexity index is 815. The topological polar surface area (TPSA) is 49.3 Å². The molecule has 2 aromatic carbocycles. The maximum absolute atomic E-state index is 13.3. The normalized spacial score (nSPS) is 22.4. The summed E-state index contributed by atoms with van der Waals surface area (Å²) in [7, 11) is 0. The van der Waals surface area contributed by atoms with Crippen LogP contribution in [0.2, 0.25) is 0 Å². The Labute approximate surface area is 149 Å². The summed E-state index contributed by atoms with van der Waals surface area (Å²) in [6.45, 7) is 3.79. The Morgan fingerprint density at radius 1 is 1.20 bits per heavy atom. The fraction of sp³-hybridized carbons (Fsp3) is 0.316. The number of thioether (sulfide) groups is 1. The van der Waals surface area contributed by atoms with Crippen LogP contribution >= 0.6 is 11.8 Å². The van der Waals surface area contributed by atoms with E-state index in [0.29, 0.717) is 10.8 Å². The van der Waals surface area contributed by atoms with Gasteiger partial charge in [-0.1, -0.05) is 6.07 Å². The number of rotatable bonds is 4. The summed E-state index contributed by atoms with van der Waals surface area (Å²) >= 11 is 1.65. The van der Waals surface area contributed by atoms with E-state index in [1.165, 1.54) is 6.07 Å². The molecular formula is C19H19F2NO2S. The molecule has 0 heterocycles. The average Bonchev–Trinajstić information content (AvgIpc) is 2.51. The summed E-state index contributed by atoms with van der Waals surface area (Å²) < 4.78 is 26.2. The van der Waals surface area contributed by atoms with Gasteiger partial charge in [-0.25, -0.2) is 8.78 Å². The molecule has 132 valence electrons. The first kappa shape index (κ1) is 17.9. The first-order valence-electron chi connectivity index (χ1n) is 8.00. The van der Waals surface area contributed by atoms with Gasteiger partial charge in [-0.3, -0.25) is 4.79 Å². The lowest BCUT2D eigenvalue weighted by Crippen LogP contribution is -2.42. The second-order valence-corrected chi connectivity index (χ2v) is 8.05. The Morgan fingerprint density at radius 3 is 2.56 bits per heavy atom. The maximum Gasteiger partial charge on any atom is 0.255 e. The molecular weight excluding hydrogens is 344 g/mol. The monoisotopic (exact) mass is 363 g/mol. The standard InChI is InChI=1S/C19H19F2NO2S/c1-11-3-4-12(7-17(11)25-14-9-19(2,24)10-14)18(23)22-13-5-6-15(20)16(21)8-13/h3-8,14,24H,9-10H2,1-2H3,(H,22,23). The Morgan fingerprint density at radius 2 is 1.92 bits per heavy atom. The van der Waals surface area contributed by atoms with Crippen molar-refractivity contribution < 1.29 is 18.7 Å². The summed E-state index contributed by atoms with van der Waals surface area (Å²) in [6.07, 6.45) is 1.45. The lowest BCUT2D eigenvalue weighted by Gasteiger charge is -2.40. The maximum atomic E-state index is 13.3. The Hall–Kier alpha value is -1.92. The molecule has 3 rings (SSSR count). The number of aryl methyl sites for hydroxylation is 1. The summed E-state index contributed by atoms with van der Waals surface area (Å²) in [6, 6.07) is 8.60. The van der Waals surface area contributed by atoms with Gasteiger partial charge >= 0.3 is 0 Å². The van der Waals surface area contributed by atoms with Crippen LogP contribution in [0.25, 0.3) is 0 Å². The summed E-state index contributed by atoms with van der Waals surface area (Å²) in [4.78, 5) is 13.4. The number of aliphatic hydroxyl groups is 1. The highest BCUT2D eigenvalue weighted by molar-refractivity contribution is 8.00. The molecule has 0 aromatic heterocycles. The van der Waals surface area contributed by atoms with Gasteiger partial charge in [0.15, 0.2) is 11.6 Å². The Balaban J connectivity index is 1.72. The van der Waals surface area contributed by atoms with E-state index in [1.54, 1.807) is 23.9 Å². The van der Waals surface area contributed by atoms with Gasteiger partial charge in [0, 0.05) is 27.5 Å². The minimum Gasteiger partial charge on any atom is -0.390 e. The van der Waals surface area contributed by atoms with Gasteiger partial charge in [0.25, 0.3) is 5.91 Å². The number of halogens is 2. The van der Waals surface area contributed by atoms with Gasteiger partial charge in [-0.15, -0.1) is 11.8 Å². The predicted octanol–water partition coefficient (Wildman–Crippen LogP) is 4.53. The minimum absolute atomic E-state index is 0.203. The first-order valence-corrected chi connectivity index (χ1v) is 8.87. The highest BCUT2D eigenvalue weighted by atomic mass is 32.2. The smallest absolute Gasteiger partial charge is 0.255 e. The highest BCUT2D eigenvalue weighted by Crippen LogP contribution is 2.43. The van der Waals surface area contributed by atoms with Gasteiger partial charge in [-0.05, 0) is 56.5 Å². The molecule has 1 fully saturated rings. The zero-order valence-corrected chi connectivity index (χ0v) is 14.8. The molecule has 1 saturated carbocycles. The Kier molecular flexibility index (Phi) is 4.84. The molecule has 0 radical (unpaired) electrons. The van der Waals surface area contributed by atoms with E-state index in [4.69, 9.17) is 0 Å². The number of benzene rings is 2. The van der Waals surface area contributed by atoms with Crippen molar-refractivity contribution in [2.45, 2.75) is 42.4 Å². The van der Waals surface area contributed by atoms with Crippen LogP contribution in [-0.2, 0) is 0 Å². The number of hydrogen-bond donors (Lipinski definition) is 2. The summed E-state index contributed by atoms with van der Waals surface area (Å²) in [5.41, 5.74) is 1.12. The van der Waals surface area contributed by atoms with Crippen LogP contribution in [0.5, 0.6) is 0 Å². The number of nitrogens with one attached hydrogen (secondary N) is 1. The zero-order valence-electron chi connectivity index (χ0n) is 14.0. The number of anilines is 1. The molecule has 0 bridgehead atoms. The van der Waals surface area contributed by atoms with Crippen LogP contribution in [-0.4, -0.2) is 21.9 Å². The van der Waals surface area contributed by atoms with E-state index in [0.717, 1.165) is 35.4 Å². The fourth-order valence-electron chi connectivity index (χ4n) is 2.83. The van der Waals surface area contributed by atoms with Crippen molar-refractivity contribution in [3.05, 3.63) is 59.2 Å². The number of carbonyl (C=O) groups is 1. The highest BCUT2D eigenvalue weighted by Gasteiger charge is 2.38. The van der Waals surface area contributed by atoms with E-state index < -0.39 is 17.2 Å². The number of carbonyl (C=O) groups excluding carboxylic acids is 1. The SMILES string of the molecule is Cc1ccc(C(=O)Nc2ccc(F)c(F)c2)cc1SC1CC(C)(O)C1. The van der Waals surface area contributed by atoms with Gasteiger partial charge < -0.3 is 10.4 Å². The van der Waals surface area contributed by atoms with E-state index in [-0.39, 0.29) is 11.6 Å². The van der Waals surface area contributed by atoms with E-state index in [1.807, 2.05) is 19.9 Å². The molecule has 2 aromatic rings. The van der Waals surface area contributed by atoms with Crippen molar-refractivity contribution in [2.24, 2.45) is 0 Å². The second-order valence-electron chi connectivity index (χ2n) is 6.71. The summed E-state index contributed by atoms with van der Waals surface area (Å²) in [5.74, 6) is -2.34. The van der Waals surface area contributed by atoms with Crippen LogP contribution in [0, 0.1) is 18.6 Å². The molecule has 0 unspecified atom stereocenters. The largest absolute Gasteiger partial charge is 0.390 e. The third-order valence-electron chi connectivity index (χ3n) is 4.26. The molecule has 0 aliphatic heterocycles. The molecule has 25 heavy (non-hydrogen) atoms. The third-order valence-corrected chi connectivity index (χ3v) is 5.62. The molecule has 2 N–H and O–H groups in total. The first-order chi connectivity index (χ1) is 11.7. The van der Waals surface area contributed by atoms with Crippen molar-refractivity contribution in [1.82, 2.24) is 0 Å².